The fraction of sp³-hybridized carbons (Fsp3) is 0.750. The summed E-state index contributed by atoms with van der Waals surface area (Å²) < 4.78 is 0. The lowest BCUT2D eigenvalue weighted by Crippen LogP contribution is -2.67. The summed E-state index contributed by atoms with van der Waals surface area (Å²) in [4.78, 5) is 48.1. The van der Waals surface area contributed by atoms with Gasteiger partial charge in [0.05, 0.1) is 11.3 Å². The molecule has 0 aliphatic heterocycles. The number of rotatable bonds is 5. The van der Waals surface area contributed by atoms with Gasteiger partial charge in [-0.1, -0.05) is 25.7 Å². The molecule has 2 fully saturated rings. The maximum atomic E-state index is 12.2. The van der Waals surface area contributed by atoms with E-state index in [4.69, 9.17) is 0 Å². The Morgan fingerprint density at radius 2 is 1.25 bits per heavy atom. The second kappa shape index (κ2) is 6.41. The Kier molecular flexibility index (Phi) is 4.87. The number of carboxylic acids is 4. The van der Waals surface area contributed by atoms with Crippen molar-refractivity contribution in [3.8, 4) is 0 Å². The molecule has 134 valence electrons. The SMILES string of the molecule is O=C(O)C1CCCC(C(=O)O)(C2CCCCC2)C1(C(=O)O)C(=O)O. The number of carbonyl (C=O) groups is 4. The summed E-state index contributed by atoms with van der Waals surface area (Å²) in [5.74, 6) is -9.23. The third-order valence-electron chi connectivity index (χ3n) is 5.95. The van der Waals surface area contributed by atoms with E-state index in [-0.39, 0.29) is 19.3 Å². The molecule has 0 aromatic heterocycles. The highest BCUT2D eigenvalue weighted by molar-refractivity contribution is 6.07. The van der Waals surface area contributed by atoms with Gasteiger partial charge in [-0.3, -0.25) is 19.2 Å². The van der Waals surface area contributed by atoms with Crippen molar-refractivity contribution in [1.29, 1.82) is 0 Å². The van der Waals surface area contributed by atoms with Crippen molar-refractivity contribution in [1.82, 2.24) is 0 Å². The predicted molar refractivity (Wildman–Crippen MR) is 79.3 cm³/mol. The Hall–Kier alpha value is -2.12. The minimum atomic E-state index is -2.86. The molecule has 2 unspecified atom stereocenters. The van der Waals surface area contributed by atoms with Gasteiger partial charge in [-0.2, -0.15) is 0 Å². The van der Waals surface area contributed by atoms with Crippen molar-refractivity contribution in [2.75, 3.05) is 0 Å². The molecule has 2 aliphatic rings. The van der Waals surface area contributed by atoms with E-state index in [1.165, 1.54) is 0 Å². The average molecular weight is 342 g/mol. The fourth-order valence-electron chi connectivity index (χ4n) is 4.96. The van der Waals surface area contributed by atoms with Gasteiger partial charge in [0.15, 0.2) is 5.41 Å². The van der Waals surface area contributed by atoms with Crippen molar-refractivity contribution < 1.29 is 39.6 Å². The number of hydrogen-bond acceptors (Lipinski definition) is 4. The lowest BCUT2D eigenvalue weighted by Gasteiger charge is -2.52. The van der Waals surface area contributed by atoms with E-state index >= 15 is 0 Å². The number of carboxylic acid groups (broad SMARTS) is 4. The van der Waals surface area contributed by atoms with Crippen molar-refractivity contribution in [2.24, 2.45) is 22.7 Å². The summed E-state index contributed by atoms with van der Waals surface area (Å²) in [6.45, 7) is 0. The molecule has 0 aromatic rings. The van der Waals surface area contributed by atoms with Crippen molar-refractivity contribution >= 4 is 23.9 Å². The molecule has 8 heteroatoms. The van der Waals surface area contributed by atoms with E-state index < -0.39 is 46.5 Å². The van der Waals surface area contributed by atoms with Gasteiger partial charge in [0, 0.05) is 0 Å². The van der Waals surface area contributed by atoms with Crippen molar-refractivity contribution in [2.45, 2.75) is 51.4 Å². The molecule has 0 radical (unpaired) electrons. The van der Waals surface area contributed by atoms with Gasteiger partial charge >= 0.3 is 23.9 Å². The summed E-state index contributed by atoms with van der Waals surface area (Å²) in [5, 5.41) is 39.0. The predicted octanol–water partition coefficient (Wildman–Crippen LogP) is 1.68. The summed E-state index contributed by atoms with van der Waals surface area (Å²) in [7, 11) is 0. The van der Waals surface area contributed by atoms with Crippen LogP contribution in [0.1, 0.15) is 51.4 Å². The highest BCUT2D eigenvalue weighted by atomic mass is 16.4. The van der Waals surface area contributed by atoms with Crippen LogP contribution in [0.2, 0.25) is 0 Å². The van der Waals surface area contributed by atoms with Crippen LogP contribution in [0.15, 0.2) is 0 Å². The van der Waals surface area contributed by atoms with Gasteiger partial charge in [-0.15, -0.1) is 0 Å². The molecule has 0 aromatic carbocycles. The molecule has 8 nitrogen and oxygen atoms in total. The molecule has 0 spiro atoms. The molecule has 24 heavy (non-hydrogen) atoms. The first-order valence-corrected chi connectivity index (χ1v) is 8.16. The van der Waals surface area contributed by atoms with Crippen LogP contribution in [-0.4, -0.2) is 44.3 Å². The molecular weight excluding hydrogens is 320 g/mol. The van der Waals surface area contributed by atoms with Crippen LogP contribution < -0.4 is 0 Å². The number of hydrogen-bond donors (Lipinski definition) is 4. The molecule has 2 rings (SSSR count). The Balaban J connectivity index is 2.76. The third-order valence-corrected chi connectivity index (χ3v) is 5.95. The standard InChI is InChI=1S/C16H22O8/c17-11(18)10-7-4-8-15(12(19)20,9-5-2-1-3-6-9)16(10,13(21)22)14(23)24/h9-10H,1-8H2,(H,17,18)(H,19,20)(H,21,22)(H,23,24). The monoisotopic (exact) mass is 342 g/mol. The molecule has 0 saturated heterocycles. The first-order chi connectivity index (χ1) is 11.2. The first-order valence-electron chi connectivity index (χ1n) is 8.16. The number of aliphatic carboxylic acids is 4. The van der Waals surface area contributed by atoms with Crippen LogP contribution in [0.25, 0.3) is 0 Å². The van der Waals surface area contributed by atoms with E-state index in [1.54, 1.807) is 0 Å². The van der Waals surface area contributed by atoms with Gasteiger partial charge < -0.3 is 20.4 Å². The van der Waals surface area contributed by atoms with Crippen molar-refractivity contribution in [3.05, 3.63) is 0 Å². The largest absolute Gasteiger partial charge is 0.481 e. The Labute approximate surface area is 138 Å². The zero-order valence-electron chi connectivity index (χ0n) is 13.2. The van der Waals surface area contributed by atoms with Gasteiger partial charge in [0.1, 0.15) is 0 Å². The zero-order chi connectivity index (χ0) is 18.1. The van der Waals surface area contributed by atoms with Crippen LogP contribution in [0.5, 0.6) is 0 Å². The smallest absolute Gasteiger partial charge is 0.323 e. The van der Waals surface area contributed by atoms with Crippen molar-refractivity contribution in [3.63, 3.8) is 0 Å². The van der Waals surface area contributed by atoms with Crippen LogP contribution in [0, 0.1) is 22.7 Å². The summed E-state index contributed by atoms with van der Waals surface area (Å²) in [6, 6.07) is 0. The molecule has 0 heterocycles. The lowest BCUT2D eigenvalue weighted by molar-refractivity contribution is -0.211. The van der Waals surface area contributed by atoms with E-state index in [9.17, 15) is 39.6 Å². The van der Waals surface area contributed by atoms with E-state index in [0.29, 0.717) is 25.7 Å². The minimum absolute atomic E-state index is 0.130. The van der Waals surface area contributed by atoms with Gasteiger partial charge in [0.25, 0.3) is 0 Å². The highest BCUT2D eigenvalue weighted by Crippen LogP contribution is 2.61. The average Bonchev–Trinajstić information content (AvgIpc) is 2.53. The summed E-state index contributed by atoms with van der Waals surface area (Å²) >= 11 is 0. The van der Waals surface area contributed by atoms with E-state index in [0.717, 1.165) is 6.42 Å². The fourth-order valence-corrected chi connectivity index (χ4v) is 4.96. The second-order valence-electron chi connectivity index (χ2n) is 6.81. The Morgan fingerprint density at radius 1 is 0.708 bits per heavy atom. The molecule has 0 amide bonds. The zero-order valence-corrected chi connectivity index (χ0v) is 13.2. The van der Waals surface area contributed by atoms with Gasteiger partial charge in [0.2, 0.25) is 0 Å². The Morgan fingerprint density at radius 3 is 1.67 bits per heavy atom. The molecule has 2 atom stereocenters. The minimum Gasteiger partial charge on any atom is -0.481 e. The highest BCUT2D eigenvalue weighted by Gasteiger charge is 2.75. The van der Waals surface area contributed by atoms with Gasteiger partial charge in [-0.25, -0.2) is 0 Å². The van der Waals surface area contributed by atoms with Crippen LogP contribution in [-0.2, 0) is 19.2 Å². The second-order valence-corrected chi connectivity index (χ2v) is 6.81. The van der Waals surface area contributed by atoms with E-state index in [2.05, 4.69) is 0 Å². The van der Waals surface area contributed by atoms with Crippen LogP contribution in [0.4, 0.5) is 0 Å². The summed E-state index contributed by atoms with van der Waals surface area (Å²) in [6.07, 6.45) is 2.95. The summed E-state index contributed by atoms with van der Waals surface area (Å²) in [5.41, 5.74) is -4.96. The Bertz CT molecular complexity index is 548. The molecular formula is C16H22O8. The molecule has 2 saturated carbocycles. The third kappa shape index (κ3) is 2.27. The maximum absolute atomic E-state index is 12.2. The van der Waals surface area contributed by atoms with Crippen LogP contribution in [0.3, 0.4) is 0 Å². The normalized spacial score (nSPS) is 30.4. The molecule has 0 bridgehead atoms. The topological polar surface area (TPSA) is 149 Å². The molecule has 4 N–H and O–H groups in total. The van der Waals surface area contributed by atoms with Gasteiger partial charge in [-0.05, 0) is 31.6 Å². The van der Waals surface area contributed by atoms with E-state index in [1.807, 2.05) is 0 Å². The quantitative estimate of drug-likeness (QED) is 0.551. The molecule has 2 aliphatic carbocycles. The lowest BCUT2D eigenvalue weighted by atomic mass is 9.45. The van der Waals surface area contributed by atoms with Crippen LogP contribution >= 0.6 is 0 Å². The maximum Gasteiger partial charge on any atom is 0.323 e. The first kappa shape index (κ1) is 18.2.